The molecule has 2 aromatic rings. The summed E-state index contributed by atoms with van der Waals surface area (Å²) in [5.74, 6) is -1.62. The van der Waals surface area contributed by atoms with Crippen LogP contribution in [0.2, 0.25) is 5.02 Å². The molecule has 0 saturated heterocycles. The van der Waals surface area contributed by atoms with Crippen molar-refractivity contribution in [2.75, 3.05) is 0 Å². The number of hydrogen-bond acceptors (Lipinski definition) is 7. The predicted octanol–water partition coefficient (Wildman–Crippen LogP) is 3.12. The van der Waals surface area contributed by atoms with E-state index in [2.05, 4.69) is 10.2 Å². The van der Waals surface area contributed by atoms with Crippen molar-refractivity contribution in [3.05, 3.63) is 35.4 Å². The summed E-state index contributed by atoms with van der Waals surface area (Å²) in [6.45, 7) is 0. The number of nitrogens with zero attached hydrogens (tertiary/aromatic N) is 2. The van der Waals surface area contributed by atoms with E-state index < -0.39 is 20.8 Å². The van der Waals surface area contributed by atoms with Crippen LogP contribution in [0, 0.1) is 0 Å². The molecule has 0 atom stereocenters. The van der Waals surface area contributed by atoms with Crippen LogP contribution in [0.15, 0.2) is 45.5 Å². The average Bonchev–Trinajstić information content (AvgIpc) is 2.40. The van der Waals surface area contributed by atoms with Gasteiger partial charge < -0.3 is 15.3 Å². The number of hydrogen-bond donors (Lipinski definition) is 4. The van der Waals surface area contributed by atoms with Gasteiger partial charge in [0.25, 0.3) is 10.1 Å². The van der Waals surface area contributed by atoms with Gasteiger partial charge in [-0.15, -0.1) is 10.2 Å². The van der Waals surface area contributed by atoms with E-state index in [9.17, 15) is 23.7 Å². The van der Waals surface area contributed by atoms with Crippen molar-refractivity contribution in [2.24, 2.45) is 10.2 Å². The predicted molar refractivity (Wildman–Crippen MR) is 76.9 cm³/mol. The normalized spacial score (nSPS) is 11.4. The van der Waals surface area contributed by atoms with Crippen LogP contribution in [0.1, 0.15) is 0 Å². The van der Waals surface area contributed by atoms with Gasteiger partial charge in [-0.2, -0.15) is 8.42 Å². The first-order valence-electron chi connectivity index (χ1n) is 5.63. The zero-order valence-electron chi connectivity index (χ0n) is 11.0. The number of azo groups is 1. The number of phenolic OH excluding ortho intramolecular Hbond substituents is 3. The van der Waals surface area contributed by atoms with E-state index in [0.717, 1.165) is 12.1 Å². The van der Waals surface area contributed by atoms with Crippen LogP contribution in [0.4, 0.5) is 11.4 Å². The molecule has 8 nitrogen and oxygen atoms in total. The molecular formula is C12H9ClFeN2O6S. The molecular weight excluding hydrogens is 392 g/mol. The Morgan fingerprint density at radius 1 is 1.00 bits per heavy atom. The van der Waals surface area contributed by atoms with Gasteiger partial charge in [0.15, 0.2) is 11.4 Å². The van der Waals surface area contributed by atoms with E-state index >= 15 is 0 Å². The molecule has 2 rings (SSSR count). The molecule has 0 bridgehead atoms. The minimum Gasteiger partial charge on any atom is -0.505 e. The summed E-state index contributed by atoms with van der Waals surface area (Å²) in [5, 5.41) is 35.8. The monoisotopic (exact) mass is 400 g/mol. The van der Waals surface area contributed by atoms with Crippen molar-refractivity contribution in [3.8, 4) is 17.2 Å². The maximum Gasteiger partial charge on any atom is 0.298 e. The molecule has 0 saturated carbocycles. The zero-order valence-corrected chi connectivity index (χ0v) is 13.7. The second-order valence-corrected chi connectivity index (χ2v) is 5.92. The number of benzene rings is 2. The van der Waals surface area contributed by atoms with Crippen LogP contribution >= 0.6 is 11.6 Å². The van der Waals surface area contributed by atoms with E-state index in [1.807, 2.05) is 0 Å². The van der Waals surface area contributed by atoms with Crippen LogP contribution in [-0.2, 0) is 27.2 Å². The van der Waals surface area contributed by atoms with E-state index in [4.69, 9.17) is 16.2 Å². The third-order valence-corrected chi connectivity index (χ3v) is 3.63. The molecule has 0 fully saturated rings. The Morgan fingerprint density at radius 2 is 1.57 bits per heavy atom. The van der Waals surface area contributed by atoms with Gasteiger partial charge in [0.05, 0.1) is 0 Å². The molecule has 0 aromatic heterocycles. The first kappa shape index (κ1) is 19.2. The molecule has 23 heavy (non-hydrogen) atoms. The molecule has 0 unspecified atom stereocenters. The van der Waals surface area contributed by atoms with Crippen molar-refractivity contribution in [2.45, 2.75) is 4.90 Å². The molecule has 0 amide bonds. The van der Waals surface area contributed by atoms with Crippen molar-refractivity contribution < 1.29 is 45.4 Å². The third-order valence-electron chi connectivity index (χ3n) is 2.55. The zero-order chi connectivity index (χ0) is 16.5. The van der Waals surface area contributed by atoms with E-state index in [1.165, 1.54) is 18.2 Å². The van der Waals surface area contributed by atoms with E-state index in [0.29, 0.717) is 0 Å². The van der Waals surface area contributed by atoms with Crippen LogP contribution in [-0.4, -0.2) is 28.3 Å². The summed E-state index contributed by atoms with van der Waals surface area (Å²) >= 11 is 5.69. The summed E-state index contributed by atoms with van der Waals surface area (Å²) in [6.07, 6.45) is 0. The smallest absolute Gasteiger partial charge is 0.298 e. The van der Waals surface area contributed by atoms with Gasteiger partial charge in [0.1, 0.15) is 22.1 Å². The minimum absolute atomic E-state index is 0. The van der Waals surface area contributed by atoms with Crippen LogP contribution in [0.5, 0.6) is 17.2 Å². The van der Waals surface area contributed by atoms with Crippen molar-refractivity contribution in [3.63, 3.8) is 0 Å². The summed E-state index contributed by atoms with van der Waals surface area (Å²) in [7, 11) is -4.71. The Balaban J connectivity index is 0.00000264. The first-order valence-corrected chi connectivity index (χ1v) is 7.44. The molecule has 0 aliphatic heterocycles. The van der Waals surface area contributed by atoms with Gasteiger partial charge in [-0.1, -0.05) is 17.7 Å². The van der Waals surface area contributed by atoms with Crippen molar-refractivity contribution in [1.82, 2.24) is 0 Å². The molecule has 0 heterocycles. The Morgan fingerprint density at radius 3 is 2.09 bits per heavy atom. The summed E-state index contributed by atoms with van der Waals surface area (Å²) in [4.78, 5) is -0.838. The number of halogens is 1. The van der Waals surface area contributed by atoms with Crippen LogP contribution in [0.25, 0.3) is 0 Å². The van der Waals surface area contributed by atoms with Gasteiger partial charge >= 0.3 is 0 Å². The second-order valence-electron chi connectivity index (χ2n) is 4.09. The van der Waals surface area contributed by atoms with Crippen molar-refractivity contribution >= 4 is 33.1 Å². The Hall–Kier alpha value is -1.84. The Bertz CT molecular complexity index is 852. The summed E-state index contributed by atoms with van der Waals surface area (Å²) in [5.41, 5.74) is -0.655. The van der Waals surface area contributed by atoms with Gasteiger partial charge in [0.2, 0.25) is 0 Å². The van der Waals surface area contributed by atoms with Crippen molar-refractivity contribution in [1.29, 1.82) is 0 Å². The molecule has 0 aliphatic carbocycles. The largest absolute Gasteiger partial charge is 0.505 e. The van der Waals surface area contributed by atoms with Crippen LogP contribution < -0.4 is 0 Å². The number of phenols is 3. The standard InChI is InChI=1S/C12H9ClN2O6S.Fe/c13-6-4-7(12(18)10(5-6)22(19,20)21)14-15-11-8(16)2-1-3-9(11)17;/h1-5,16-18H,(H,19,20,21);. The molecule has 0 aliphatic rings. The van der Waals surface area contributed by atoms with Crippen LogP contribution in [0.3, 0.4) is 0 Å². The second kappa shape index (κ2) is 7.16. The quantitative estimate of drug-likeness (QED) is 0.354. The maximum atomic E-state index is 11.1. The maximum absolute atomic E-state index is 11.1. The van der Waals surface area contributed by atoms with E-state index in [1.54, 1.807) is 0 Å². The fraction of sp³-hybridized carbons (Fsp3) is 0. The van der Waals surface area contributed by atoms with Gasteiger partial charge in [0, 0.05) is 22.1 Å². The molecule has 4 N–H and O–H groups in total. The molecule has 2 aromatic carbocycles. The average molecular weight is 401 g/mol. The minimum atomic E-state index is -4.71. The van der Waals surface area contributed by atoms with Gasteiger partial charge in [-0.05, 0) is 24.3 Å². The molecule has 0 spiro atoms. The topological polar surface area (TPSA) is 140 Å². The van der Waals surface area contributed by atoms with Gasteiger partial charge in [-0.25, -0.2) is 0 Å². The summed E-state index contributed by atoms with van der Waals surface area (Å²) in [6, 6.07) is 5.79. The van der Waals surface area contributed by atoms with Gasteiger partial charge in [-0.3, -0.25) is 4.55 Å². The number of rotatable bonds is 3. The SMILES string of the molecule is O=S(=O)(O)c1cc(Cl)cc(N=Nc2c(O)cccc2O)c1O.[Fe]. The summed E-state index contributed by atoms with van der Waals surface area (Å²) < 4.78 is 31.2. The fourth-order valence-corrected chi connectivity index (χ4v) is 2.46. The Labute approximate surface area is 146 Å². The molecule has 11 heteroatoms. The third kappa shape index (κ3) is 4.34. The van der Waals surface area contributed by atoms with E-state index in [-0.39, 0.29) is 45.0 Å². The molecule has 124 valence electrons. The first-order chi connectivity index (χ1) is 10.2. The molecule has 0 radical (unpaired) electrons. The Kier molecular flexibility index (Phi) is 5.98. The number of aromatic hydroxyl groups is 3. The fourth-order valence-electron chi connectivity index (χ4n) is 1.56.